The van der Waals surface area contributed by atoms with E-state index >= 15 is 0 Å². The Balaban J connectivity index is 1.25. The van der Waals surface area contributed by atoms with Gasteiger partial charge < -0.3 is 14.8 Å². The maximum atomic E-state index is 14.1. The number of nitrogens with zero attached hydrogens (tertiary/aromatic N) is 2. The van der Waals surface area contributed by atoms with Crippen LogP contribution in [0.2, 0.25) is 10.0 Å². The van der Waals surface area contributed by atoms with Gasteiger partial charge in [-0.05, 0) is 61.0 Å². The second-order valence-electron chi connectivity index (χ2n) is 8.18. The third-order valence-electron chi connectivity index (χ3n) is 5.76. The van der Waals surface area contributed by atoms with Crippen molar-refractivity contribution in [1.82, 2.24) is 10.2 Å². The van der Waals surface area contributed by atoms with Crippen LogP contribution in [0.25, 0.3) is 11.3 Å². The molecule has 0 saturated heterocycles. The highest BCUT2D eigenvalue weighted by molar-refractivity contribution is 6.32. The second-order valence-corrected chi connectivity index (χ2v) is 9.02. The summed E-state index contributed by atoms with van der Waals surface area (Å²) in [5, 5.41) is 10.9. The summed E-state index contributed by atoms with van der Waals surface area (Å²) in [5.41, 5.74) is 1.50. The van der Waals surface area contributed by atoms with Gasteiger partial charge in [0, 0.05) is 21.7 Å². The summed E-state index contributed by atoms with van der Waals surface area (Å²) in [6.07, 6.45) is 0.485. The van der Waals surface area contributed by atoms with Crippen molar-refractivity contribution in [2.45, 2.75) is 12.3 Å². The molecule has 37 heavy (non-hydrogen) atoms. The predicted octanol–water partition coefficient (Wildman–Crippen LogP) is 6.31. The van der Waals surface area contributed by atoms with E-state index in [2.05, 4.69) is 15.5 Å². The van der Waals surface area contributed by atoms with Gasteiger partial charge in [0.1, 0.15) is 17.3 Å². The summed E-state index contributed by atoms with van der Waals surface area (Å²) in [5.74, 6) is -1.01. The molecule has 0 radical (unpaired) electrons. The van der Waals surface area contributed by atoms with Gasteiger partial charge >= 0.3 is 5.97 Å². The monoisotopic (exact) mass is 537 g/mol. The highest BCUT2D eigenvalue weighted by Gasteiger charge is 2.29. The zero-order valence-electron chi connectivity index (χ0n) is 19.1. The van der Waals surface area contributed by atoms with E-state index in [1.165, 1.54) is 42.5 Å². The average molecular weight is 538 g/mol. The Kier molecular flexibility index (Phi) is 7.03. The molecule has 2 heterocycles. The molecule has 10 heteroatoms. The zero-order chi connectivity index (χ0) is 25.9. The molecule has 1 unspecified atom stereocenters. The summed E-state index contributed by atoms with van der Waals surface area (Å²) in [7, 11) is 0. The Bertz CT molecular complexity index is 1500. The topological polar surface area (TPSA) is 90.4 Å². The van der Waals surface area contributed by atoms with E-state index in [0.717, 1.165) is 5.56 Å². The van der Waals surface area contributed by atoms with Crippen LogP contribution in [0.15, 0.2) is 72.8 Å². The van der Waals surface area contributed by atoms with Crippen LogP contribution in [0.5, 0.6) is 11.5 Å². The highest BCUT2D eigenvalue weighted by Crippen LogP contribution is 2.35. The molecule has 0 bridgehead atoms. The van der Waals surface area contributed by atoms with Gasteiger partial charge in [-0.25, -0.2) is 4.39 Å². The molecule has 186 valence electrons. The Morgan fingerprint density at radius 3 is 2.59 bits per heavy atom. The van der Waals surface area contributed by atoms with E-state index in [1.807, 2.05) is 24.3 Å². The molecule has 4 aromatic rings. The Labute approximate surface area is 221 Å². The minimum absolute atomic E-state index is 0.0981. The zero-order valence-corrected chi connectivity index (χ0v) is 20.6. The molecule has 1 aromatic heterocycles. The maximum Gasteiger partial charge on any atom is 0.319 e. The molecule has 1 amide bonds. The fourth-order valence-electron chi connectivity index (χ4n) is 3.92. The molecule has 1 N–H and O–H groups in total. The third-order valence-corrected chi connectivity index (χ3v) is 6.29. The van der Waals surface area contributed by atoms with Gasteiger partial charge in [0.15, 0.2) is 5.82 Å². The number of anilines is 1. The van der Waals surface area contributed by atoms with Gasteiger partial charge in [0.25, 0.3) is 5.91 Å². The lowest BCUT2D eigenvalue weighted by molar-refractivity contribution is -0.136. The van der Waals surface area contributed by atoms with E-state index in [9.17, 15) is 14.0 Å². The quantitative estimate of drug-likeness (QED) is 0.237. The molecule has 5 rings (SSSR count). The number of hydrogen-bond donors (Lipinski definition) is 1. The predicted molar refractivity (Wildman–Crippen MR) is 137 cm³/mol. The van der Waals surface area contributed by atoms with Gasteiger partial charge in [-0.2, -0.15) is 0 Å². The summed E-state index contributed by atoms with van der Waals surface area (Å²) in [6, 6.07) is 18.9. The lowest BCUT2D eigenvalue weighted by Crippen LogP contribution is -2.25. The lowest BCUT2D eigenvalue weighted by atomic mass is 9.93. The van der Waals surface area contributed by atoms with Crippen molar-refractivity contribution in [3.8, 4) is 22.8 Å². The van der Waals surface area contributed by atoms with Crippen LogP contribution < -0.4 is 14.8 Å². The summed E-state index contributed by atoms with van der Waals surface area (Å²) in [4.78, 5) is 25.5. The first-order valence-corrected chi connectivity index (χ1v) is 12.0. The molecule has 1 aliphatic heterocycles. The number of carbonyl (C=O) groups is 2. The van der Waals surface area contributed by atoms with Crippen LogP contribution in [-0.4, -0.2) is 28.7 Å². The normalized spacial score (nSPS) is 14.3. The number of para-hydroxylation sites is 1. The van der Waals surface area contributed by atoms with Crippen molar-refractivity contribution in [2.75, 3.05) is 11.9 Å². The largest absolute Gasteiger partial charge is 0.493 e. The van der Waals surface area contributed by atoms with Crippen LogP contribution in [0.3, 0.4) is 0 Å². The van der Waals surface area contributed by atoms with Crippen LogP contribution in [0.4, 0.5) is 10.2 Å². The van der Waals surface area contributed by atoms with Crippen LogP contribution >= 0.6 is 23.2 Å². The first-order valence-electron chi connectivity index (χ1n) is 11.2. The third kappa shape index (κ3) is 5.40. The van der Waals surface area contributed by atoms with Gasteiger partial charge in [-0.1, -0.05) is 41.4 Å². The fraction of sp³-hybridized carbons (Fsp3) is 0.111. The van der Waals surface area contributed by atoms with Gasteiger partial charge in [0.05, 0.1) is 23.2 Å². The molecule has 3 aromatic carbocycles. The number of aromatic nitrogens is 2. The molecule has 0 saturated carbocycles. The van der Waals surface area contributed by atoms with Crippen molar-refractivity contribution in [3.05, 3.63) is 99.8 Å². The van der Waals surface area contributed by atoms with Gasteiger partial charge in [-0.3, -0.25) is 9.59 Å². The number of carbonyl (C=O) groups excluding carboxylic acids is 2. The van der Waals surface area contributed by atoms with Gasteiger partial charge in [0.2, 0.25) is 0 Å². The van der Waals surface area contributed by atoms with Crippen molar-refractivity contribution in [2.24, 2.45) is 0 Å². The Morgan fingerprint density at radius 1 is 1.00 bits per heavy atom. The standard InChI is InChI=1S/C27H18Cl2FN3O4/c28-16-6-7-19(21(30)14-16)22-8-10-25(33-32-22)31-26(34)15-5-9-24(20(29)13-15)37-27(35)18-11-12-36-23-4-2-1-3-17(18)23/h1-10,13-14,18H,11-12H2,(H,31,33,34). The molecule has 0 spiro atoms. The maximum absolute atomic E-state index is 14.1. The molecule has 1 aliphatic rings. The number of benzene rings is 3. The first kappa shape index (κ1) is 24.7. The van der Waals surface area contributed by atoms with Crippen LogP contribution in [-0.2, 0) is 4.79 Å². The molecule has 0 fully saturated rings. The lowest BCUT2D eigenvalue weighted by Gasteiger charge is -2.24. The minimum Gasteiger partial charge on any atom is -0.493 e. The first-order chi connectivity index (χ1) is 17.9. The van der Waals surface area contributed by atoms with Crippen molar-refractivity contribution < 1.29 is 23.5 Å². The number of ether oxygens (including phenoxy) is 2. The molecular formula is C27H18Cl2FN3O4. The Hall–Kier alpha value is -4.01. The molecular weight excluding hydrogens is 520 g/mol. The smallest absolute Gasteiger partial charge is 0.319 e. The van der Waals surface area contributed by atoms with E-state index in [0.29, 0.717) is 18.8 Å². The van der Waals surface area contributed by atoms with Crippen LogP contribution in [0.1, 0.15) is 28.3 Å². The number of halogens is 3. The fourth-order valence-corrected chi connectivity index (χ4v) is 4.30. The number of amides is 1. The highest BCUT2D eigenvalue weighted by atomic mass is 35.5. The number of nitrogens with one attached hydrogen (secondary N) is 1. The number of hydrogen-bond acceptors (Lipinski definition) is 6. The van der Waals surface area contributed by atoms with E-state index in [-0.39, 0.29) is 38.4 Å². The second kappa shape index (κ2) is 10.5. The molecule has 7 nitrogen and oxygen atoms in total. The molecule has 1 atom stereocenters. The average Bonchev–Trinajstić information content (AvgIpc) is 2.90. The Morgan fingerprint density at radius 2 is 1.84 bits per heavy atom. The van der Waals surface area contributed by atoms with Crippen molar-refractivity contribution >= 4 is 40.9 Å². The van der Waals surface area contributed by atoms with E-state index in [1.54, 1.807) is 6.07 Å². The van der Waals surface area contributed by atoms with Crippen molar-refractivity contribution in [3.63, 3.8) is 0 Å². The summed E-state index contributed by atoms with van der Waals surface area (Å²) >= 11 is 12.1. The van der Waals surface area contributed by atoms with Crippen molar-refractivity contribution in [1.29, 1.82) is 0 Å². The van der Waals surface area contributed by atoms with Gasteiger partial charge in [-0.15, -0.1) is 10.2 Å². The number of fused-ring (bicyclic) bond motifs is 1. The summed E-state index contributed by atoms with van der Waals surface area (Å²) < 4.78 is 25.3. The number of rotatable bonds is 5. The van der Waals surface area contributed by atoms with E-state index < -0.39 is 23.6 Å². The number of esters is 1. The van der Waals surface area contributed by atoms with E-state index in [4.69, 9.17) is 32.7 Å². The van der Waals surface area contributed by atoms with Crippen LogP contribution in [0, 0.1) is 5.82 Å². The molecule has 0 aliphatic carbocycles. The SMILES string of the molecule is O=C(Nc1ccc(-c2ccc(Cl)cc2F)nn1)c1ccc(OC(=O)C2CCOc3ccccc32)c(Cl)c1. The minimum atomic E-state index is -0.532. The summed E-state index contributed by atoms with van der Waals surface area (Å²) in [6.45, 7) is 0.405.